The maximum absolute atomic E-state index is 12.2. The molecule has 2 N–H and O–H groups in total. The molecular weight excluding hydrogens is 260 g/mol. The first-order valence-electron chi connectivity index (χ1n) is 9.24. The summed E-state index contributed by atoms with van der Waals surface area (Å²) < 4.78 is 0. The molecule has 21 heavy (non-hydrogen) atoms. The molecule has 2 atom stereocenters. The van der Waals surface area contributed by atoms with Gasteiger partial charge >= 0.3 is 6.03 Å². The number of carbonyl (C=O) groups excluding carboxylic acids is 1. The number of amides is 2. The van der Waals surface area contributed by atoms with Crippen molar-refractivity contribution in [3.05, 3.63) is 0 Å². The molecule has 3 heteroatoms. The summed E-state index contributed by atoms with van der Waals surface area (Å²) >= 11 is 0. The lowest BCUT2D eigenvalue weighted by molar-refractivity contribution is 0.0607. The Kier molecular flexibility index (Phi) is 3.42. The smallest absolute Gasteiger partial charge is 0.315 e. The van der Waals surface area contributed by atoms with Crippen molar-refractivity contribution in [2.75, 3.05) is 6.54 Å². The van der Waals surface area contributed by atoms with E-state index in [0.29, 0.717) is 16.9 Å². The maximum atomic E-state index is 12.2. The molecule has 0 aromatic rings. The van der Waals surface area contributed by atoms with Crippen molar-refractivity contribution in [2.45, 2.75) is 83.1 Å². The van der Waals surface area contributed by atoms with E-state index < -0.39 is 0 Å². The van der Waals surface area contributed by atoms with Crippen molar-refractivity contribution in [3.8, 4) is 0 Å². The van der Waals surface area contributed by atoms with Gasteiger partial charge in [-0.05, 0) is 74.5 Å². The number of urea groups is 1. The lowest BCUT2D eigenvalue weighted by Gasteiger charge is -2.47. The van der Waals surface area contributed by atoms with E-state index in [0.717, 1.165) is 12.5 Å². The fourth-order valence-electron chi connectivity index (χ4n) is 5.50. The number of hydrogen-bond acceptors (Lipinski definition) is 1. The van der Waals surface area contributed by atoms with E-state index in [4.69, 9.17) is 0 Å². The zero-order valence-electron chi connectivity index (χ0n) is 13.3. The molecule has 118 valence electrons. The maximum Gasteiger partial charge on any atom is 0.315 e. The van der Waals surface area contributed by atoms with E-state index >= 15 is 0 Å². The SMILES string of the molecule is O=C(NCC1CCCC12CC2)NC1CCCC2(CCC2)C1. The van der Waals surface area contributed by atoms with Crippen LogP contribution in [-0.4, -0.2) is 18.6 Å². The molecular formula is C18H30N2O. The van der Waals surface area contributed by atoms with Crippen molar-refractivity contribution in [2.24, 2.45) is 16.7 Å². The van der Waals surface area contributed by atoms with E-state index in [9.17, 15) is 4.79 Å². The number of rotatable bonds is 3. The fourth-order valence-corrected chi connectivity index (χ4v) is 5.50. The molecule has 0 heterocycles. The van der Waals surface area contributed by atoms with Crippen molar-refractivity contribution >= 4 is 6.03 Å². The van der Waals surface area contributed by atoms with Gasteiger partial charge < -0.3 is 10.6 Å². The van der Waals surface area contributed by atoms with Gasteiger partial charge in [0.25, 0.3) is 0 Å². The van der Waals surface area contributed by atoms with Crippen LogP contribution in [0.15, 0.2) is 0 Å². The number of hydrogen-bond donors (Lipinski definition) is 2. The lowest BCUT2D eigenvalue weighted by atomic mass is 9.60. The summed E-state index contributed by atoms with van der Waals surface area (Å²) in [6, 6.07) is 0.525. The third-order valence-electron chi connectivity index (χ3n) is 7.18. The second kappa shape index (κ2) is 5.17. The van der Waals surface area contributed by atoms with Crippen LogP contribution in [0, 0.1) is 16.7 Å². The van der Waals surface area contributed by atoms with E-state index in [2.05, 4.69) is 10.6 Å². The minimum absolute atomic E-state index is 0.0964. The summed E-state index contributed by atoms with van der Waals surface area (Å²) in [5.41, 5.74) is 1.26. The van der Waals surface area contributed by atoms with Crippen LogP contribution in [0.4, 0.5) is 4.79 Å². The van der Waals surface area contributed by atoms with E-state index in [1.54, 1.807) is 0 Å². The van der Waals surface area contributed by atoms with E-state index in [-0.39, 0.29) is 6.03 Å². The van der Waals surface area contributed by atoms with Gasteiger partial charge in [0.05, 0.1) is 0 Å². The summed E-state index contributed by atoms with van der Waals surface area (Å²) in [5, 5.41) is 6.44. The Balaban J connectivity index is 1.22. The highest BCUT2D eigenvalue weighted by Gasteiger charge is 2.51. The average Bonchev–Trinajstić information content (AvgIpc) is 3.10. The molecule has 4 saturated carbocycles. The Morgan fingerprint density at radius 2 is 1.71 bits per heavy atom. The molecule has 0 aromatic carbocycles. The van der Waals surface area contributed by atoms with Crippen molar-refractivity contribution < 1.29 is 4.79 Å². The molecule has 3 nitrogen and oxygen atoms in total. The van der Waals surface area contributed by atoms with Gasteiger partial charge in [0.15, 0.2) is 0 Å². The zero-order chi connectivity index (χ0) is 14.3. The molecule has 0 bridgehead atoms. The molecule has 4 rings (SSSR count). The second-order valence-corrected chi connectivity index (χ2v) is 8.45. The zero-order valence-corrected chi connectivity index (χ0v) is 13.3. The molecule has 2 spiro atoms. The van der Waals surface area contributed by atoms with Gasteiger partial charge in [-0.25, -0.2) is 4.79 Å². The predicted octanol–water partition coefficient (Wildman–Crippen LogP) is 3.98. The molecule has 0 aliphatic heterocycles. The minimum atomic E-state index is 0.0964. The fraction of sp³-hybridized carbons (Fsp3) is 0.944. The van der Waals surface area contributed by atoms with Crippen LogP contribution < -0.4 is 10.6 Å². The van der Waals surface area contributed by atoms with E-state index in [1.807, 2.05) is 0 Å². The van der Waals surface area contributed by atoms with E-state index in [1.165, 1.54) is 77.0 Å². The highest BCUT2D eigenvalue weighted by Crippen LogP contribution is 2.61. The summed E-state index contributed by atoms with van der Waals surface area (Å²) in [6.07, 6.45) is 16.2. The van der Waals surface area contributed by atoms with Gasteiger partial charge in [0, 0.05) is 12.6 Å². The Bertz CT molecular complexity index is 411. The van der Waals surface area contributed by atoms with Gasteiger partial charge in [-0.3, -0.25) is 0 Å². The third-order valence-corrected chi connectivity index (χ3v) is 7.18. The first kappa shape index (κ1) is 13.9. The Morgan fingerprint density at radius 1 is 0.952 bits per heavy atom. The molecule has 4 fully saturated rings. The number of carbonyl (C=O) groups is 1. The first-order chi connectivity index (χ1) is 10.2. The highest BCUT2D eigenvalue weighted by molar-refractivity contribution is 5.74. The van der Waals surface area contributed by atoms with Crippen molar-refractivity contribution in [1.82, 2.24) is 10.6 Å². The third kappa shape index (κ3) is 2.68. The molecule has 0 saturated heterocycles. The first-order valence-corrected chi connectivity index (χ1v) is 9.24. The van der Waals surface area contributed by atoms with Gasteiger partial charge in [-0.2, -0.15) is 0 Å². The van der Waals surface area contributed by atoms with Crippen molar-refractivity contribution in [1.29, 1.82) is 0 Å². The Hall–Kier alpha value is -0.730. The van der Waals surface area contributed by atoms with Gasteiger partial charge in [0.2, 0.25) is 0 Å². The van der Waals surface area contributed by atoms with Gasteiger partial charge in [-0.1, -0.05) is 19.3 Å². The van der Waals surface area contributed by atoms with Crippen LogP contribution in [0.1, 0.15) is 77.0 Å². The van der Waals surface area contributed by atoms with Crippen LogP contribution >= 0.6 is 0 Å². The molecule has 2 unspecified atom stereocenters. The van der Waals surface area contributed by atoms with Gasteiger partial charge in [0.1, 0.15) is 0 Å². The minimum Gasteiger partial charge on any atom is -0.338 e. The van der Waals surface area contributed by atoms with Crippen LogP contribution in [-0.2, 0) is 0 Å². The summed E-state index contributed by atoms with van der Waals surface area (Å²) in [6.45, 7) is 0.906. The van der Waals surface area contributed by atoms with Crippen LogP contribution in [0.5, 0.6) is 0 Å². The summed E-state index contributed by atoms with van der Waals surface area (Å²) in [7, 11) is 0. The predicted molar refractivity (Wildman–Crippen MR) is 84.1 cm³/mol. The molecule has 0 radical (unpaired) electrons. The average molecular weight is 290 g/mol. The molecule has 4 aliphatic rings. The normalized spacial score (nSPS) is 35.4. The highest BCUT2D eigenvalue weighted by atomic mass is 16.2. The molecule has 4 aliphatic carbocycles. The quantitative estimate of drug-likeness (QED) is 0.811. The Morgan fingerprint density at radius 3 is 2.43 bits per heavy atom. The van der Waals surface area contributed by atoms with Crippen molar-refractivity contribution in [3.63, 3.8) is 0 Å². The lowest BCUT2D eigenvalue weighted by Crippen LogP contribution is -2.49. The number of nitrogens with one attached hydrogen (secondary N) is 2. The van der Waals surface area contributed by atoms with Gasteiger partial charge in [-0.15, -0.1) is 0 Å². The molecule has 0 aromatic heterocycles. The monoisotopic (exact) mass is 290 g/mol. The Labute approximate surface area is 128 Å². The van der Waals surface area contributed by atoms with Crippen LogP contribution in [0.3, 0.4) is 0 Å². The van der Waals surface area contributed by atoms with Crippen LogP contribution in [0.2, 0.25) is 0 Å². The standard InChI is InChI=1S/C18H30N2O/c21-16(19-13-14-4-1-9-18(14)10-11-18)20-15-5-2-6-17(12-15)7-3-8-17/h14-15H,1-13H2,(H2,19,20,21). The molecule has 2 amide bonds. The second-order valence-electron chi connectivity index (χ2n) is 8.45. The summed E-state index contributed by atoms with van der Waals surface area (Å²) in [5.74, 6) is 0.757. The summed E-state index contributed by atoms with van der Waals surface area (Å²) in [4.78, 5) is 12.2. The van der Waals surface area contributed by atoms with Crippen LogP contribution in [0.25, 0.3) is 0 Å². The largest absolute Gasteiger partial charge is 0.338 e. The topological polar surface area (TPSA) is 41.1 Å².